The molecule has 4 atom stereocenters. The second kappa shape index (κ2) is 11.6. The van der Waals surface area contributed by atoms with Gasteiger partial charge in [0.1, 0.15) is 17.2 Å². The molecule has 1 saturated carbocycles. The first-order valence-electron chi connectivity index (χ1n) is 14.2. The molecule has 41 heavy (non-hydrogen) atoms. The van der Waals surface area contributed by atoms with Gasteiger partial charge in [-0.05, 0) is 76.1 Å². The monoisotopic (exact) mass is 565 g/mol. The zero-order valence-corrected chi connectivity index (χ0v) is 23.7. The van der Waals surface area contributed by atoms with E-state index in [-0.39, 0.29) is 42.3 Å². The highest BCUT2D eigenvalue weighted by molar-refractivity contribution is 5.92. The van der Waals surface area contributed by atoms with Gasteiger partial charge in [0.15, 0.2) is 11.5 Å². The summed E-state index contributed by atoms with van der Waals surface area (Å²) in [5.74, 6) is -1.10. The molecule has 0 unspecified atom stereocenters. The molecule has 218 valence electrons. The molecule has 0 spiro atoms. The molecule has 0 radical (unpaired) electrons. The number of hydrogen-bond donors (Lipinski definition) is 0. The lowest BCUT2D eigenvalue weighted by Gasteiger charge is -2.35. The average Bonchev–Trinajstić information content (AvgIpc) is 3.69. The quantitative estimate of drug-likeness (QED) is 0.465. The van der Waals surface area contributed by atoms with E-state index in [1.807, 2.05) is 0 Å². The van der Waals surface area contributed by atoms with Gasteiger partial charge in [0.25, 0.3) is 5.91 Å². The Morgan fingerprint density at radius 2 is 1.90 bits per heavy atom. The Morgan fingerprint density at radius 1 is 1.15 bits per heavy atom. The van der Waals surface area contributed by atoms with Crippen LogP contribution in [0, 0.1) is 29.0 Å². The van der Waals surface area contributed by atoms with Crippen LogP contribution in [0.2, 0.25) is 0 Å². The number of nitrogens with zero attached hydrogens (tertiary/aromatic N) is 3. The maximum absolute atomic E-state index is 15.2. The molecule has 2 bridgehead atoms. The van der Waals surface area contributed by atoms with Crippen molar-refractivity contribution in [1.82, 2.24) is 9.80 Å². The number of hydrogen-bond acceptors (Lipinski definition) is 7. The van der Waals surface area contributed by atoms with Gasteiger partial charge < -0.3 is 18.8 Å². The summed E-state index contributed by atoms with van der Waals surface area (Å²) in [6.07, 6.45) is 1.95. The molecule has 1 aromatic carbocycles. The molecule has 2 aliphatic heterocycles. The van der Waals surface area contributed by atoms with Gasteiger partial charge in [-0.25, -0.2) is 9.18 Å². The number of ether oxygens (including phenoxy) is 2. The summed E-state index contributed by atoms with van der Waals surface area (Å²) in [4.78, 5) is 42.3. The third kappa shape index (κ3) is 6.30. The van der Waals surface area contributed by atoms with Crippen molar-refractivity contribution in [3.63, 3.8) is 0 Å². The Labute approximate surface area is 239 Å². The normalized spacial score (nSPS) is 22.9. The molecule has 1 aliphatic carbocycles. The minimum absolute atomic E-state index is 0.0272. The van der Waals surface area contributed by atoms with Crippen LogP contribution in [0.25, 0.3) is 11.3 Å². The second-order valence-corrected chi connectivity index (χ2v) is 12.1. The van der Waals surface area contributed by atoms with Crippen molar-refractivity contribution in [3.8, 4) is 17.4 Å². The number of morpholine rings is 1. The van der Waals surface area contributed by atoms with Gasteiger partial charge in [-0.1, -0.05) is 12.1 Å². The van der Waals surface area contributed by atoms with Gasteiger partial charge in [-0.3, -0.25) is 14.5 Å². The molecule has 2 aromatic rings. The number of rotatable bonds is 7. The number of furan rings is 1. The van der Waals surface area contributed by atoms with Gasteiger partial charge in [-0.2, -0.15) is 5.26 Å². The van der Waals surface area contributed by atoms with Crippen molar-refractivity contribution < 1.29 is 32.7 Å². The number of piperidine rings is 1. The van der Waals surface area contributed by atoms with Crippen LogP contribution in [-0.2, 0) is 20.7 Å². The van der Waals surface area contributed by atoms with Gasteiger partial charge >= 0.3 is 6.09 Å². The number of likely N-dealkylation sites (tertiary alicyclic amines) is 1. The van der Waals surface area contributed by atoms with Crippen LogP contribution in [0.15, 0.2) is 34.7 Å². The number of carbonyl (C=O) groups excluding carboxylic acids is 3. The molecule has 2 saturated heterocycles. The van der Waals surface area contributed by atoms with Crippen molar-refractivity contribution in [3.05, 3.63) is 47.5 Å². The fourth-order valence-electron chi connectivity index (χ4n) is 6.17. The number of fused-ring (bicyclic) bond motifs is 2. The summed E-state index contributed by atoms with van der Waals surface area (Å²) in [5.41, 5.74) is 0.0917. The van der Waals surface area contributed by atoms with E-state index in [2.05, 4.69) is 6.07 Å². The number of amides is 2. The lowest BCUT2D eigenvalue weighted by molar-refractivity contribution is -0.126. The number of benzene rings is 1. The molecular formula is C31H36FN3O6. The summed E-state index contributed by atoms with van der Waals surface area (Å²) >= 11 is 0. The average molecular weight is 566 g/mol. The molecule has 1 aromatic heterocycles. The van der Waals surface area contributed by atoms with Crippen LogP contribution in [-0.4, -0.2) is 71.6 Å². The first-order valence-corrected chi connectivity index (χ1v) is 14.2. The predicted octanol–water partition coefficient (Wildman–Crippen LogP) is 4.99. The minimum Gasteiger partial charge on any atom is -0.451 e. The van der Waals surface area contributed by atoms with Crippen molar-refractivity contribution in [1.29, 1.82) is 5.26 Å². The topological polar surface area (TPSA) is 113 Å². The van der Waals surface area contributed by atoms with Crippen molar-refractivity contribution in [2.75, 3.05) is 26.3 Å². The maximum atomic E-state index is 15.2. The minimum atomic E-state index is -0.746. The molecule has 3 fully saturated rings. The number of carbonyl (C=O) groups is 3. The van der Waals surface area contributed by atoms with Crippen LogP contribution >= 0.6 is 0 Å². The standard InChI is InChI=1S/C31H36FN3O6/c1-31(2,3)41-30(38)35-23-7-6-22(16-23)28(35)25(36)15-19(18-33)14-20-4-5-21(17-24(20)32)26-8-9-27(40-26)29(37)34-10-12-39-13-11-34/h4-5,8-9,17,19,22-23,28H,6-7,10-16H2,1-3H3/t19-,22+,23-,28+/m1/s1. The van der Waals surface area contributed by atoms with E-state index < -0.39 is 29.5 Å². The van der Waals surface area contributed by atoms with Gasteiger partial charge in [-0.15, -0.1) is 0 Å². The Balaban J connectivity index is 1.24. The van der Waals surface area contributed by atoms with E-state index >= 15 is 4.39 Å². The number of Topliss-reactive ketones (excluding diaryl/α,β-unsaturated/α-hetero) is 1. The van der Waals surface area contributed by atoms with Crippen molar-refractivity contribution >= 4 is 17.8 Å². The van der Waals surface area contributed by atoms with Crippen LogP contribution in [0.3, 0.4) is 0 Å². The SMILES string of the molecule is CC(C)(C)OC(=O)N1[C@@H]2CC[C@@H](C2)[C@H]1C(=O)C[C@H](C#N)Cc1ccc(-c2ccc(C(=O)N3CCOCC3)o2)cc1F. The highest BCUT2D eigenvalue weighted by Crippen LogP contribution is 2.44. The van der Waals surface area contributed by atoms with Crippen molar-refractivity contribution in [2.45, 2.75) is 70.6 Å². The largest absolute Gasteiger partial charge is 0.451 e. The summed E-state index contributed by atoms with van der Waals surface area (Å²) in [5, 5.41) is 9.84. The summed E-state index contributed by atoms with van der Waals surface area (Å²) < 4.78 is 31.8. The Hall–Kier alpha value is -3.71. The highest BCUT2D eigenvalue weighted by Gasteiger charge is 2.52. The summed E-state index contributed by atoms with van der Waals surface area (Å²) in [7, 11) is 0. The van der Waals surface area contributed by atoms with E-state index in [0.29, 0.717) is 43.2 Å². The zero-order chi connectivity index (χ0) is 29.3. The number of nitriles is 1. The fourth-order valence-corrected chi connectivity index (χ4v) is 6.17. The Kier molecular flexibility index (Phi) is 8.18. The zero-order valence-electron chi connectivity index (χ0n) is 23.7. The maximum Gasteiger partial charge on any atom is 0.411 e. The third-order valence-electron chi connectivity index (χ3n) is 8.07. The molecule has 2 amide bonds. The van der Waals surface area contributed by atoms with Gasteiger partial charge in [0.2, 0.25) is 0 Å². The Morgan fingerprint density at radius 3 is 2.59 bits per heavy atom. The molecule has 3 heterocycles. The van der Waals surface area contributed by atoms with E-state index in [1.165, 1.54) is 6.07 Å². The van der Waals surface area contributed by atoms with Gasteiger partial charge in [0.05, 0.1) is 31.2 Å². The summed E-state index contributed by atoms with van der Waals surface area (Å²) in [6.45, 7) is 7.30. The molecule has 9 nitrogen and oxygen atoms in total. The lowest BCUT2D eigenvalue weighted by atomic mass is 9.87. The lowest BCUT2D eigenvalue weighted by Crippen LogP contribution is -2.51. The van der Waals surface area contributed by atoms with E-state index in [4.69, 9.17) is 13.9 Å². The van der Waals surface area contributed by atoms with Crippen LogP contribution in [0.4, 0.5) is 9.18 Å². The fraction of sp³-hybridized carbons (Fsp3) is 0.548. The molecular weight excluding hydrogens is 529 g/mol. The van der Waals surface area contributed by atoms with Crippen LogP contribution < -0.4 is 0 Å². The van der Waals surface area contributed by atoms with E-state index in [9.17, 15) is 19.6 Å². The van der Waals surface area contributed by atoms with E-state index in [1.54, 1.807) is 54.8 Å². The predicted molar refractivity (Wildman–Crippen MR) is 146 cm³/mol. The van der Waals surface area contributed by atoms with E-state index in [0.717, 1.165) is 19.3 Å². The smallest absolute Gasteiger partial charge is 0.411 e. The first-order chi connectivity index (χ1) is 19.5. The first kappa shape index (κ1) is 28.8. The highest BCUT2D eigenvalue weighted by atomic mass is 19.1. The number of ketones is 1. The summed E-state index contributed by atoms with van der Waals surface area (Å²) in [6, 6.07) is 9.30. The van der Waals surface area contributed by atoms with Crippen LogP contribution in [0.5, 0.6) is 0 Å². The number of halogens is 1. The Bertz CT molecular complexity index is 1350. The molecule has 0 N–H and O–H groups in total. The molecule has 5 rings (SSSR count). The third-order valence-corrected chi connectivity index (χ3v) is 8.07. The van der Waals surface area contributed by atoms with Crippen LogP contribution in [0.1, 0.15) is 62.6 Å². The second-order valence-electron chi connectivity index (χ2n) is 12.1. The van der Waals surface area contributed by atoms with Gasteiger partial charge in [0, 0.05) is 31.1 Å². The molecule has 3 aliphatic rings. The molecule has 10 heteroatoms. The van der Waals surface area contributed by atoms with Crippen molar-refractivity contribution in [2.24, 2.45) is 11.8 Å².